The molecular weight excluding hydrogens is 1090 g/mol. The van der Waals surface area contributed by atoms with Crippen LogP contribution in [0, 0.1) is 11.8 Å². The van der Waals surface area contributed by atoms with Crippen LogP contribution in [-0.2, 0) is 77.9 Å². The van der Waals surface area contributed by atoms with E-state index in [4.69, 9.17) is 14.0 Å². The van der Waals surface area contributed by atoms with Gasteiger partial charge in [-0.1, -0.05) is 76.9 Å². The number of amides is 7. The number of likely N-dealkylation sites (N-methyl/N-ethyl adjacent to an activating group) is 1. The average molecular weight is 1170 g/mol. The Labute approximate surface area is 480 Å². The van der Waals surface area contributed by atoms with Gasteiger partial charge < -0.3 is 66.3 Å². The summed E-state index contributed by atoms with van der Waals surface area (Å²) in [7, 11) is 4.04. The highest BCUT2D eigenvalue weighted by Gasteiger charge is 2.47. The first-order valence-electron chi connectivity index (χ1n) is 27.3. The number of nitrogens with one attached hydrogen (secondary N) is 5. The lowest BCUT2D eigenvalue weighted by atomic mass is 9.91. The number of ether oxygens (including phenoxy) is 2. The number of rotatable bonds is 32. The Morgan fingerprint density at radius 2 is 1.22 bits per heavy atom. The Morgan fingerprint density at radius 3 is 1.71 bits per heavy atom. The van der Waals surface area contributed by atoms with Crippen LogP contribution in [0.5, 0.6) is 17.2 Å². The number of hydrogen-bond donors (Lipinski definition) is 10. The fourth-order valence-corrected chi connectivity index (χ4v) is 9.66. The number of benzene rings is 3. The van der Waals surface area contributed by atoms with E-state index in [1.54, 1.807) is 62.4 Å². The first kappa shape index (κ1) is 67.5. The minimum atomic E-state index is -2.76. The third kappa shape index (κ3) is 19.6. The summed E-state index contributed by atoms with van der Waals surface area (Å²) < 4.78 is 35.4. The van der Waals surface area contributed by atoms with Crippen molar-refractivity contribution in [3.05, 3.63) is 89.5 Å². The maximum absolute atomic E-state index is 15.1. The number of Topliss-reactive ketones (excluding diaryl/α,β-unsaturated/α-hetero) is 1. The number of aliphatic hydroxyl groups is 2. The molecule has 1 aliphatic heterocycles. The van der Waals surface area contributed by atoms with Crippen LogP contribution in [-0.4, -0.2) is 175 Å². The van der Waals surface area contributed by atoms with Crippen LogP contribution in [0.25, 0.3) is 0 Å². The highest BCUT2D eigenvalue weighted by molar-refractivity contribution is 7.74. The molecule has 7 amide bonds. The highest BCUT2D eigenvalue weighted by atomic mass is 32.2. The maximum Gasteiger partial charge on any atom is 0.302 e. The Kier molecular flexibility index (Phi) is 26.8. The predicted octanol–water partition coefficient (Wildman–Crippen LogP) is 1.71. The zero-order valence-electron chi connectivity index (χ0n) is 47.9. The van der Waals surface area contributed by atoms with Crippen molar-refractivity contribution >= 4 is 58.5 Å². The molecule has 82 heavy (non-hydrogen) atoms. The van der Waals surface area contributed by atoms with Crippen LogP contribution in [0.1, 0.15) is 96.8 Å². The van der Waals surface area contributed by atoms with E-state index in [0.717, 1.165) is 12.0 Å². The smallest absolute Gasteiger partial charge is 0.302 e. The molecule has 1 fully saturated rings. The number of piperidine rings is 1. The summed E-state index contributed by atoms with van der Waals surface area (Å²) in [6.07, 6.45) is -3.97. The molecule has 1 heterocycles. The molecule has 452 valence electrons. The van der Waals surface area contributed by atoms with E-state index in [1.807, 2.05) is 13.8 Å². The molecule has 0 aliphatic carbocycles. The van der Waals surface area contributed by atoms with Crippen molar-refractivity contribution in [2.24, 2.45) is 11.8 Å². The summed E-state index contributed by atoms with van der Waals surface area (Å²) in [4.78, 5) is 116. The van der Waals surface area contributed by atoms with Crippen LogP contribution in [0.2, 0.25) is 0 Å². The summed E-state index contributed by atoms with van der Waals surface area (Å²) in [6, 6.07) is 9.35. The van der Waals surface area contributed by atoms with E-state index in [9.17, 15) is 58.2 Å². The van der Waals surface area contributed by atoms with E-state index < -0.39 is 126 Å². The SMILES string of the molecule is CCC(C)[C@H](NC(=O)C(Cc1ccc(OC)cc1)N(C)C(=O)[C@H](C(C)CC)N1C(=O)C(NC(=O)C(CCc2ccc(O)cc2)NC(=O)[C@@H](NC(=O)C(CCc2ccc(O)cc2)NC(=O)C(COS(=O)O)OC)[C@@H](C)O)CCC1O)C(C)=O. The van der Waals surface area contributed by atoms with Gasteiger partial charge in [0.1, 0.15) is 66.3 Å². The van der Waals surface area contributed by atoms with Crippen LogP contribution < -0.4 is 31.3 Å². The van der Waals surface area contributed by atoms with E-state index in [-0.39, 0.29) is 68.1 Å². The molecule has 3 aromatic carbocycles. The van der Waals surface area contributed by atoms with Crippen molar-refractivity contribution in [2.75, 3.05) is 27.9 Å². The summed E-state index contributed by atoms with van der Waals surface area (Å²) in [5, 5.41) is 55.5. The summed E-state index contributed by atoms with van der Waals surface area (Å²) in [6.45, 7) is 9.09. The number of nitrogens with zero attached hydrogens (tertiary/aromatic N) is 2. The van der Waals surface area contributed by atoms with E-state index in [0.29, 0.717) is 35.3 Å². The number of methoxy groups -OCH3 is 2. The zero-order valence-corrected chi connectivity index (χ0v) is 48.7. The van der Waals surface area contributed by atoms with Crippen molar-refractivity contribution < 1.29 is 81.2 Å². The lowest BCUT2D eigenvalue weighted by Crippen LogP contribution is -2.66. The Morgan fingerprint density at radius 1 is 0.707 bits per heavy atom. The fraction of sp³-hybridized carbons (Fsp3) is 0.544. The van der Waals surface area contributed by atoms with Crippen molar-refractivity contribution in [3.63, 3.8) is 0 Å². The first-order valence-corrected chi connectivity index (χ1v) is 28.3. The number of phenolic OH excluding ortho intramolecular Hbond substituents is 2. The summed E-state index contributed by atoms with van der Waals surface area (Å²) >= 11 is -2.76. The molecule has 4 rings (SSSR count). The van der Waals surface area contributed by atoms with Crippen LogP contribution in [0.15, 0.2) is 72.8 Å². The Balaban J connectivity index is 1.65. The minimum Gasteiger partial charge on any atom is -0.508 e. The molecule has 0 aromatic heterocycles. The van der Waals surface area contributed by atoms with Crippen molar-refractivity contribution in [3.8, 4) is 17.2 Å². The van der Waals surface area contributed by atoms with Gasteiger partial charge >= 0.3 is 11.4 Å². The molecule has 1 aliphatic rings. The summed E-state index contributed by atoms with van der Waals surface area (Å²) in [5.74, 6) is -6.68. The van der Waals surface area contributed by atoms with Gasteiger partial charge in [-0.2, -0.15) is 4.21 Å². The molecular formula is C57H81N7O17S. The molecule has 9 unspecified atom stereocenters. The van der Waals surface area contributed by atoms with Crippen LogP contribution in [0.4, 0.5) is 0 Å². The normalized spacial score (nSPS) is 18.3. The lowest BCUT2D eigenvalue weighted by molar-refractivity contribution is -0.168. The van der Waals surface area contributed by atoms with Crippen molar-refractivity contribution in [1.82, 2.24) is 36.4 Å². The molecule has 0 spiro atoms. The van der Waals surface area contributed by atoms with Gasteiger partial charge in [0.2, 0.25) is 35.4 Å². The van der Waals surface area contributed by atoms with Gasteiger partial charge in [0.05, 0.1) is 19.3 Å². The molecule has 3 aromatic rings. The number of ketones is 1. The predicted molar refractivity (Wildman–Crippen MR) is 300 cm³/mol. The van der Waals surface area contributed by atoms with Gasteiger partial charge in [0.15, 0.2) is 11.9 Å². The minimum absolute atomic E-state index is 0.0116. The number of carbonyl (C=O) groups excluding carboxylic acids is 8. The number of likely N-dealkylation sites (tertiary alicyclic amines) is 1. The van der Waals surface area contributed by atoms with Gasteiger partial charge in [-0.3, -0.25) is 47.1 Å². The van der Waals surface area contributed by atoms with E-state index in [1.165, 1.54) is 57.2 Å². The monoisotopic (exact) mass is 1170 g/mol. The number of aryl methyl sites for hydroxylation is 2. The van der Waals surface area contributed by atoms with Gasteiger partial charge in [0, 0.05) is 20.6 Å². The summed E-state index contributed by atoms with van der Waals surface area (Å²) in [5.41, 5.74) is 1.91. The zero-order chi connectivity index (χ0) is 61.0. The number of phenols is 2. The Bertz CT molecular complexity index is 2650. The van der Waals surface area contributed by atoms with Crippen LogP contribution in [0.3, 0.4) is 0 Å². The molecule has 25 heteroatoms. The van der Waals surface area contributed by atoms with Gasteiger partial charge in [-0.05, 0) is 117 Å². The highest BCUT2D eigenvalue weighted by Crippen LogP contribution is 2.28. The Hall–Kier alpha value is -7.03. The second-order valence-electron chi connectivity index (χ2n) is 20.7. The van der Waals surface area contributed by atoms with Crippen LogP contribution >= 0.6 is 0 Å². The molecule has 0 radical (unpaired) electrons. The quantitative estimate of drug-likeness (QED) is 0.0398. The van der Waals surface area contributed by atoms with Crippen molar-refractivity contribution in [2.45, 2.75) is 160 Å². The van der Waals surface area contributed by atoms with Gasteiger partial charge in [0.25, 0.3) is 5.91 Å². The maximum atomic E-state index is 15.1. The third-order valence-corrected chi connectivity index (χ3v) is 15.2. The second kappa shape index (κ2) is 32.6. The topological polar surface area (TPSA) is 349 Å². The molecule has 13 atom stereocenters. The molecule has 0 bridgehead atoms. The molecule has 24 nitrogen and oxygen atoms in total. The average Bonchev–Trinajstić information content (AvgIpc) is 3.66. The largest absolute Gasteiger partial charge is 0.508 e. The standard InChI is InChI=1S/C57H81N7O17S/c1-10-32(3)48(34(5)65)61-53(72)45(30-38-16-24-41(79-8)25-17-38)63(7)57(76)50(33(4)11-2)64-47(69)29-28-44(56(64)75)60-51(70)42(26-18-36-12-20-39(67)21-13-36)59-55(74)49(35(6)66)62-52(71)43(27-19-37-14-22-40(68)23-15-37)58-54(73)46(80-9)31-81-82(77)78/h12-17,20-25,32-33,35,42-50,66-69H,10-11,18-19,26-31H2,1-9H3,(H,58,73)(H,59,74)(H,60,70)(H,61,72)(H,62,71)(H,77,78)/t32?,33?,35-,42?,43?,44?,45?,46?,47?,48+,49+,50+/m1/s1. The lowest BCUT2D eigenvalue weighted by Gasteiger charge is -2.44. The van der Waals surface area contributed by atoms with E-state index in [2.05, 4.69) is 30.8 Å². The molecule has 0 saturated carbocycles. The van der Waals surface area contributed by atoms with Gasteiger partial charge in [-0.25, -0.2) is 0 Å². The fourth-order valence-electron chi connectivity index (χ4n) is 9.42. The second-order valence-corrected chi connectivity index (χ2v) is 21.3. The third-order valence-electron chi connectivity index (χ3n) is 14.8. The molecule has 1 saturated heterocycles. The first-order chi connectivity index (χ1) is 38.8. The molecule has 10 N–H and O–H groups in total. The number of aromatic hydroxyl groups is 2. The van der Waals surface area contributed by atoms with Gasteiger partial charge in [-0.15, -0.1) is 0 Å². The number of hydrogen-bond acceptors (Lipinski definition) is 16. The van der Waals surface area contributed by atoms with Crippen molar-refractivity contribution in [1.29, 1.82) is 0 Å². The number of aliphatic hydroxyl groups excluding tert-OH is 2. The van der Waals surface area contributed by atoms with E-state index >= 15 is 4.79 Å². The number of carbonyl (C=O) groups is 8.